The first kappa shape index (κ1) is 17.3. The van der Waals surface area contributed by atoms with Gasteiger partial charge in [-0.25, -0.2) is 4.79 Å². The second kappa shape index (κ2) is 6.99. The number of alkyl halides is 3. The van der Waals surface area contributed by atoms with Crippen LogP contribution in [0.2, 0.25) is 0 Å². The molecule has 0 spiro atoms. The predicted octanol–water partition coefficient (Wildman–Crippen LogP) is 2.03. The van der Waals surface area contributed by atoms with Crippen LogP contribution < -0.4 is 0 Å². The zero-order chi connectivity index (χ0) is 17.0. The normalized spacial score (nSPS) is 20.1. The lowest BCUT2D eigenvalue weighted by Gasteiger charge is -2.32. The summed E-state index contributed by atoms with van der Waals surface area (Å²) in [5.74, 6) is -3.88. The molecule has 1 amide bonds. The van der Waals surface area contributed by atoms with Crippen molar-refractivity contribution in [3.8, 4) is 0 Å². The smallest absolute Gasteiger partial charge is 0.396 e. The lowest BCUT2D eigenvalue weighted by Crippen LogP contribution is -2.49. The average Bonchev–Trinajstić information content (AvgIpc) is 2.52. The maximum absolute atomic E-state index is 13.2. The van der Waals surface area contributed by atoms with Gasteiger partial charge in [-0.3, -0.25) is 4.79 Å². The van der Waals surface area contributed by atoms with Crippen molar-refractivity contribution in [2.45, 2.75) is 24.6 Å². The van der Waals surface area contributed by atoms with Crippen molar-refractivity contribution < 1.29 is 32.6 Å². The van der Waals surface area contributed by atoms with Gasteiger partial charge in [0.25, 0.3) is 0 Å². The number of benzene rings is 1. The summed E-state index contributed by atoms with van der Waals surface area (Å²) in [6, 6.07) is 7.20. The third-order valence-electron chi connectivity index (χ3n) is 3.67. The van der Waals surface area contributed by atoms with E-state index in [0.717, 1.165) is 4.90 Å². The number of carbonyl (C=O) groups excluding carboxylic acids is 1. The number of amides is 1. The Kier molecular flexibility index (Phi) is 5.25. The number of carboxylic acids is 1. The van der Waals surface area contributed by atoms with E-state index in [1.807, 2.05) is 0 Å². The molecule has 1 saturated heterocycles. The number of carbonyl (C=O) groups is 2. The number of nitrogens with zero attached hydrogens (tertiary/aromatic N) is 1. The molecule has 0 unspecified atom stereocenters. The number of ether oxygens (including phenoxy) is 1. The molecular formula is C15H16F3NO4. The highest BCUT2D eigenvalue weighted by molar-refractivity contribution is 5.79. The summed E-state index contributed by atoms with van der Waals surface area (Å²) in [4.78, 5) is 24.2. The van der Waals surface area contributed by atoms with Crippen LogP contribution in [0.25, 0.3) is 0 Å². The quantitative estimate of drug-likeness (QED) is 0.917. The van der Waals surface area contributed by atoms with Crippen molar-refractivity contribution >= 4 is 11.9 Å². The number of rotatable bonds is 4. The summed E-state index contributed by atoms with van der Waals surface area (Å²) >= 11 is 0. The summed E-state index contributed by atoms with van der Waals surface area (Å²) in [5, 5.41) is 8.88. The lowest BCUT2D eigenvalue weighted by atomic mass is 9.94. The first-order valence-electron chi connectivity index (χ1n) is 7.03. The van der Waals surface area contributed by atoms with Crippen molar-refractivity contribution in [1.29, 1.82) is 0 Å². The van der Waals surface area contributed by atoms with E-state index in [-0.39, 0.29) is 25.3 Å². The first-order chi connectivity index (χ1) is 10.8. The Morgan fingerprint density at radius 2 is 1.96 bits per heavy atom. The maximum atomic E-state index is 13.2. The van der Waals surface area contributed by atoms with Gasteiger partial charge < -0.3 is 14.7 Å². The van der Waals surface area contributed by atoms with Gasteiger partial charge in [0.2, 0.25) is 5.91 Å². The Morgan fingerprint density at radius 3 is 2.52 bits per heavy atom. The Balaban J connectivity index is 2.10. The topological polar surface area (TPSA) is 66.8 Å². The van der Waals surface area contributed by atoms with Gasteiger partial charge in [0.1, 0.15) is 0 Å². The number of hydrogen-bond acceptors (Lipinski definition) is 3. The summed E-state index contributed by atoms with van der Waals surface area (Å²) in [5.41, 5.74) is 0.0106. The molecule has 5 nitrogen and oxygen atoms in total. The Morgan fingerprint density at radius 1 is 1.30 bits per heavy atom. The van der Waals surface area contributed by atoms with Crippen molar-refractivity contribution in [2.75, 3.05) is 19.7 Å². The van der Waals surface area contributed by atoms with Crippen molar-refractivity contribution in [1.82, 2.24) is 4.90 Å². The van der Waals surface area contributed by atoms with E-state index < -0.39 is 36.5 Å². The van der Waals surface area contributed by atoms with E-state index in [2.05, 4.69) is 0 Å². The predicted molar refractivity (Wildman–Crippen MR) is 73.8 cm³/mol. The number of carboxylic acid groups (broad SMARTS) is 1. The Bertz CT molecular complexity index is 562. The van der Waals surface area contributed by atoms with Crippen LogP contribution in [-0.2, 0) is 14.3 Å². The molecule has 1 aliphatic rings. The zero-order valence-corrected chi connectivity index (χ0v) is 12.1. The number of morpholine rings is 1. The number of hydrogen-bond donors (Lipinski definition) is 1. The van der Waals surface area contributed by atoms with E-state index in [4.69, 9.17) is 9.84 Å². The number of aliphatic carboxylic acids is 1. The van der Waals surface area contributed by atoms with E-state index in [0.29, 0.717) is 0 Å². The molecule has 1 aromatic carbocycles. The molecule has 126 valence electrons. The second-order valence-electron chi connectivity index (χ2n) is 5.25. The second-order valence-corrected chi connectivity index (χ2v) is 5.25. The maximum Gasteiger partial charge on any atom is 0.396 e. The van der Waals surface area contributed by atoms with Crippen LogP contribution in [0.15, 0.2) is 30.3 Å². The molecule has 1 aliphatic heterocycles. The molecule has 8 heteroatoms. The zero-order valence-electron chi connectivity index (χ0n) is 12.1. The first-order valence-corrected chi connectivity index (χ1v) is 7.03. The SMILES string of the molecule is O=C(O)[C@H]1CN(C(=O)C[C@H](c2ccccc2)C(F)(F)F)CCO1. The van der Waals surface area contributed by atoms with Crippen LogP contribution in [0.1, 0.15) is 17.9 Å². The largest absolute Gasteiger partial charge is 0.479 e. The third kappa shape index (κ3) is 4.44. The summed E-state index contributed by atoms with van der Waals surface area (Å²) < 4.78 is 44.7. The van der Waals surface area contributed by atoms with Gasteiger partial charge in [-0.2, -0.15) is 13.2 Å². The van der Waals surface area contributed by atoms with Gasteiger partial charge in [0, 0.05) is 13.0 Å². The average molecular weight is 331 g/mol. The van der Waals surface area contributed by atoms with E-state index >= 15 is 0 Å². The molecule has 0 aromatic heterocycles. The van der Waals surface area contributed by atoms with E-state index in [1.54, 1.807) is 6.07 Å². The van der Waals surface area contributed by atoms with Gasteiger partial charge in [-0.1, -0.05) is 30.3 Å². The molecule has 23 heavy (non-hydrogen) atoms. The number of halogens is 3. The van der Waals surface area contributed by atoms with Crippen molar-refractivity contribution in [2.24, 2.45) is 0 Å². The molecule has 1 aromatic rings. The van der Waals surface area contributed by atoms with E-state index in [1.165, 1.54) is 24.3 Å². The van der Waals surface area contributed by atoms with Gasteiger partial charge >= 0.3 is 12.1 Å². The minimum absolute atomic E-state index is 0.00920. The van der Waals surface area contributed by atoms with Crippen molar-refractivity contribution in [3.63, 3.8) is 0 Å². The standard InChI is InChI=1S/C15H16F3NO4/c16-15(17,18)11(10-4-2-1-3-5-10)8-13(20)19-6-7-23-12(9-19)14(21)22/h1-5,11-12H,6-9H2,(H,21,22)/t11-,12-/m1/s1. The molecule has 2 rings (SSSR count). The molecule has 1 heterocycles. The summed E-state index contributed by atoms with van der Waals surface area (Å²) in [6.07, 6.45) is -6.51. The fourth-order valence-corrected chi connectivity index (χ4v) is 2.44. The van der Waals surface area contributed by atoms with E-state index in [9.17, 15) is 22.8 Å². The minimum atomic E-state index is -4.56. The van der Waals surface area contributed by atoms with Crippen LogP contribution in [0, 0.1) is 0 Å². The molecular weight excluding hydrogens is 315 g/mol. The van der Waals surface area contributed by atoms with Crippen LogP contribution in [0.3, 0.4) is 0 Å². The Hall–Kier alpha value is -2.09. The third-order valence-corrected chi connectivity index (χ3v) is 3.67. The summed E-state index contributed by atoms with van der Waals surface area (Å²) in [6.45, 7) is -0.166. The van der Waals surface area contributed by atoms with Crippen molar-refractivity contribution in [3.05, 3.63) is 35.9 Å². The highest BCUT2D eigenvalue weighted by Crippen LogP contribution is 2.37. The lowest BCUT2D eigenvalue weighted by molar-refractivity contribution is -0.167. The van der Waals surface area contributed by atoms with Crippen LogP contribution in [-0.4, -0.2) is 53.9 Å². The van der Waals surface area contributed by atoms with Crippen LogP contribution in [0.5, 0.6) is 0 Å². The fraction of sp³-hybridized carbons (Fsp3) is 0.467. The fourth-order valence-electron chi connectivity index (χ4n) is 2.44. The van der Waals surface area contributed by atoms with Gasteiger partial charge in [0.05, 0.1) is 19.1 Å². The Labute approximate surface area is 130 Å². The molecule has 2 atom stereocenters. The molecule has 0 aliphatic carbocycles. The van der Waals surface area contributed by atoms with Gasteiger partial charge in [0.15, 0.2) is 6.10 Å². The minimum Gasteiger partial charge on any atom is -0.479 e. The highest BCUT2D eigenvalue weighted by Gasteiger charge is 2.43. The molecule has 0 saturated carbocycles. The van der Waals surface area contributed by atoms with Crippen LogP contribution >= 0.6 is 0 Å². The summed E-state index contributed by atoms with van der Waals surface area (Å²) in [7, 11) is 0. The monoisotopic (exact) mass is 331 g/mol. The molecule has 0 radical (unpaired) electrons. The molecule has 1 N–H and O–H groups in total. The van der Waals surface area contributed by atoms with Gasteiger partial charge in [-0.15, -0.1) is 0 Å². The highest BCUT2D eigenvalue weighted by atomic mass is 19.4. The molecule has 0 bridgehead atoms. The van der Waals surface area contributed by atoms with Gasteiger partial charge in [-0.05, 0) is 5.56 Å². The van der Waals surface area contributed by atoms with Crippen LogP contribution in [0.4, 0.5) is 13.2 Å². The molecule has 1 fully saturated rings.